The molecule has 8 heteroatoms. The van der Waals surface area contributed by atoms with E-state index in [1.165, 1.54) is 0 Å². The summed E-state index contributed by atoms with van der Waals surface area (Å²) in [4.78, 5) is 14.8. The van der Waals surface area contributed by atoms with Crippen molar-refractivity contribution in [2.24, 2.45) is 0 Å². The number of anilines is 1. The van der Waals surface area contributed by atoms with Crippen molar-refractivity contribution in [3.8, 4) is 0 Å². The molecule has 162 valence electrons. The van der Waals surface area contributed by atoms with E-state index >= 15 is 0 Å². The molecule has 3 rings (SSSR count). The average Bonchev–Trinajstić information content (AvgIpc) is 2.70. The second kappa shape index (κ2) is 10.2. The predicted molar refractivity (Wildman–Crippen MR) is 117 cm³/mol. The number of sulfonamides is 1. The van der Waals surface area contributed by atoms with Crippen molar-refractivity contribution in [2.75, 3.05) is 38.2 Å². The quantitative estimate of drug-likeness (QED) is 0.670. The number of benzene rings is 2. The van der Waals surface area contributed by atoms with Gasteiger partial charge in [0.1, 0.15) is 0 Å². The third-order valence-electron chi connectivity index (χ3n) is 5.00. The first-order valence-electron chi connectivity index (χ1n) is 10.1. The summed E-state index contributed by atoms with van der Waals surface area (Å²) < 4.78 is 32.9. The van der Waals surface area contributed by atoms with Crippen LogP contribution in [-0.2, 0) is 26.1 Å². The van der Waals surface area contributed by atoms with Gasteiger partial charge in [0, 0.05) is 38.3 Å². The largest absolute Gasteiger partial charge is 0.379 e. The van der Waals surface area contributed by atoms with Crippen LogP contribution in [0.15, 0.2) is 47.4 Å². The Morgan fingerprint density at radius 1 is 1.10 bits per heavy atom. The van der Waals surface area contributed by atoms with E-state index in [1.807, 2.05) is 37.3 Å². The van der Waals surface area contributed by atoms with Gasteiger partial charge in [-0.05, 0) is 48.7 Å². The van der Waals surface area contributed by atoms with Gasteiger partial charge in [0.2, 0.25) is 15.9 Å². The molecule has 30 heavy (non-hydrogen) atoms. The van der Waals surface area contributed by atoms with E-state index in [2.05, 4.69) is 14.9 Å². The van der Waals surface area contributed by atoms with Gasteiger partial charge in [-0.15, -0.1) is 0 Å². The summed E-state index contributed by atoms with van der Waals surface area (Å²) in [7, 11) is -3.65. The minimum absolute atomic E-state index is 0.0367. The van der Waals surface area contributed by atoms with E-state index in [0.29, 0.717) is 11.3 Å². The minimum Gasteiger partial charge on any atom is -0.379 e. The fourth-order valence-electron chi connectivity index (χ4n) is 3.36. The topological polar surface area (TPSA) is 87.7 Å². The van der Waals surface area contributed by atoms with Gasteiger partial charge in [-0.3, -0.25) is 9.69 Å². The molecule has 1 aliphatic heterocycles. The number of amides is 1. The standard InChI is InChI=1S/C22H29N3O4S/c1-17-6-7-18(2)21(14-17)30(27,28)23-9-8-22(26)24-20-5-3-4-19(15-20)16-25-10-12-29-13-11-25/h3-7,14-15,23H,8-13,16H2,1-2H3,(H,24,26). The lowest BCUT2D eigenvalue weighted by Gasteiger charge is -2.26. The molecule has 2 aromatic carbocycles. The number of hydrogen-bond donors (Lipinski definition) is 2. The molecule has 2 aromatic rings. The van der Waals surface area contributed by atoms with E-state index in [4.69, 9.17) is 4.74 Å². The SMILES string of the molecule is Cc1ccc(C)c(S(=O)(=O)NCCC(=O)Nc2cccc(CN3CCOCC3)c2)c1. The van der Waals surface area contributed by atoms with Gasteiger partial charge in [0.15, 0.2) is 0 Å². The molecule has 1 aliphatic rings. The van der Waals surface area contributed by atoms with Crippen LogP contribution in [0.3, 0.4) is 0 Å². The minimum atomic E-state index is -3.65. The van der Waals surface area contributed by atoms with E-state index in [-0.39, 0.29) is 23.8 Å². The Morgan fingerprint density at radius 3 is 2.63 bits per heavy atom. The van der Waals surface area contributed by atoms with Gasteiger partial charge in [0.05, 0.1) is 18.1 Å². The van der Waals surface area contributed by atoms with Gasteiger partial charge in [-0.2, -0.15) is 0 Å². The molecule has 0 unspecified atom stereocenters. The predicted octanol–water partition coefficient (Wildman–Crippen LogP) is 2.44. The highest BCUT2D eigenvalue weighted by molar-refractivity contribution is 7.89. The third kappa shape index (κ3) is 6.37. The molecule has 2 N–H and O–H groups in total. The number of nitrogens with zero attached hydrogens (tertiary/aromatic N) is 1. The number of morpholine rings is 1. The van der Waals surface area contributed by atoms with Crippen molar-refractivity contribution in [3.63, 3.8) is 0 Å². The molecule has 1 saturated heterocycles. The van der Waals surface area contributed by atoms with E-state index < -0.39 is 10.0 Å². The van der Waals surface area contributed by atoms with Crippen molar-refractivity contribution < 1.29 is 17.9 Å². The molecule has 7 nitrogen and oxygen atoms in total. The Balaban J connectivity index is 1.51. The molecular weight excluding hydrogens is 402 g/mol. The molecule has 0 spiro atoms. The molecule has 0 bridgehead atoms. The Bertz CT molecular complexity index is 986. The Kier molecular flexibility index (Phi) is 7.60. The van der Waals surface area contributed by atoms with Crippen LogP contribution in [0, 0.1) is 13.8 Å². The van der Waals surface area contributed by atoms with Crippen LogP contribution in [0.5, 0.6) is 0 Å². The summed E-state index contributed by atoms with van der Waals surface area (Å²) in [6, 6.07) is 13.0. The van der Waals surface area contributed by atoms with Crippen LogP contribution in [0.1, 0.15) is 23.1 Å². The molecule has 0 aliphatic carbocycles. The summed E-state index contributed by atoms with van der Waals surface area (Å²) in [5.41, 5.74) is 3.37. The molecule has 0 saturated carbocycles. The second-order valence-corrected chi connectivity index (χ2v) is 9.29. The van der Waals surface area contributed by atoms with Crippen LogP contribution in [0.4, 0.5) is 5.69 Å². The number of carbonyl (C=O) groups excluding carboxylic acids is 1. The van der Waals surface area contributed by atoms with Gasteiger partial charge in [-0.1, -0.05) is 24.3 Å². The van der Waals surface area contributed by atoms with E-state index in [1.54, 1.807) is 19.1 Å². The molecule has 1 heterocycles. The van der Waals surface area contributed by atoms with Crippen molar-refractivity contribution >= 4 is 21.6 Å². The first-order chi connectivity index (χ1) is 14.3. The number of aryl methyl sites for hydroxylation is 2. The number of carbonyl (C=O) groups is 1. The van der Waals surface area contributed by atoms with Gasteiger partial charge in [0.25, 0.3) is 0 Å². The lowest BCUT2D eigenvalue weighted by Crippen LogP contribution is -2.35. The monoisotopic (exact) mass is 431 g/mol. The van der Waals surface area contributed by atoms with Crippen LogP contribution in [-0.4, -0.2) is 52.1 Å². The summed E-state index contributed by atoms with van der Waals surface area (Å²) in [6.07, 6.45) is 0.0534. The number of hydrogen-bond acceptors (Lipinski definition) is 5. The van der Waals surface area contributed by atoms with Gasteiger partial charge < -0.3 is 10.1 Å². The fourth-order valence-corrected chi connectivity index (χ4v) is 4.72. The van der Waals surface area contributed by atoms with Gasteiger partial charge >= 0.3 is 0 Å². The highest BCUT2D eigenvalue weighted by atomic mass is 32.2. The molecule has 0 aromatic heterocycles. The van der Waals surface area contributed by atoms with E-state index in [0.717, 1.165) is 44.0 Å². The van der Waals surface area contributed by atoms with Crippen molar-refractivity contribution in [2.45, 2.75) is 31.7 Å². The first-order valence-corrected chi connectivity index (χ1v) is 11.6. The Morgan fingerprint density at radius 2 is 1.87 bits per heavy atom. The van der Waals surface area contributed by atoms with Crippen LogP contribution >= 0.6 is 0 Å². The summed E-state index contributed by atoms with van der Waals surface area (Å²) in [5.74, 6) is -0.234. The Hall–Kier alpha value is -2.26. The highest BCUT2D eigenvalue weighted by Crippen LogP contribution is 2.17. The first kappa shape index (κ1) is 22.4. The third-order valence-corrected chi connectivity index (χ3v) is 6.60. The highest BCUT2D eigenvalue weighted by Gasteiger charge is 2.17. The number of ether oxygens (including phenoxy) is 1. The maximum atomic E-state index is 12.5. The second-order valence-electron chi connectivity index (χ2n) is 7.55. The zero-order valence-corrected chi connectivity index (χ0v) is 18.3. The normalized spacial score (nSPS) is 15.1. The molecule has 0 radical (unpaired) electrons. The lowest BCUT2D eigenvalue weighted by atomic mass is 10.1. The molecular formula is C22H29N3O4S. The fraction of sp³-hybridized carbons (Fsp3) is 0.409. The summed E-state index contributed by atoms with van der Waals surface area (Å²) in [5, 5.41) is 2.85. The number of rotatable bonds is 8. The Labute approximate surface area is 178 Å². The van der Waals surface area contributed by atoms with Crippen LogP contribution in [0.2, 0.25) is 0 Å². The summed E-state index contributed by atoms with van der Waals surface area (Å²) >= 11 is 0. The lowest BCUT2D eigenvalue weighted by molar-refractivity contribution is -0.116. The smallest absolute Gasteiger partial charge is 0.240 e. The summed E-state index contributed by atoms with van der Waals surface area (Å²) in [6.45, 7) is 7.73. The van der Waals surface area contributed by atoms with Gasteiger partial charge in [-0.25, -0.2) is 13.1 Å². The van der Waals surface area contributed by atoms with Crippen LogP contribution in [0.25, 0.3) is 0 Å². The zero-order chi connectivity index (χ0) is 21.6. The van der Waals surface area contributed by atoms with Crippen LogP contribution < -0.4 is 10.0 Å². The average molecular weight is 432 g/mol. The van der Waals surface area contributed by atoms with Crippen molar-refractivity contribution in [3.05, 3.63) is 59.2 Å². The van der Waals surface area contributed by atoms with E-state index in [9.17, 15) is 13.2 Å². The van der Waals surface area contributed by atoms with Crippen molar-refractivity contribution in [1.29, 1.82) is 0 Å². The maximum Gasteiger partial charge on any atom is 0.240 e. The molecule has 1 fully saturated rings. The molecule has 0 atom stereocenters. The maximum absolute atomic E-state index is 12.5. The van der Waals surface area contributed by atoms with Crippen molar-refractivity contribution in [1.82, 2.24) is 9.62 Å². The number of nitrogens with one attached hydrogen (secondary N) is 2. The molecule has 1 amide bonds. The zero-order valence-electron chi connectivity index (χ0n) is 17.5.